The highest BCUT2D eigenvalue weighted by molar-refractivity contribution is 8.00. The lowest BCUT2D eigenvalue weighted by molar-refractivity contribution is -0.151. The summed E-state index contributed by atoms with van der Waals surface area (Å²) in [6.07, 6.45) is 1.08. The third kappa shape index (κ3) is 15.8. The molecule has 0 saturated carbocycles. The van der Waals surface area contributed by atoms with Crippen LogP contribution < -0.4 is 44.2 Å². The number of aliphatic imine (C=N–C) groups is 1. The van der Waals surface area contributed by atoms with Crippen LogP contribution in [0.25, 0.3) is 0 Å². The minimum atomic E-state index is -1.41. The van der Waals surface area contributed by atoms with Crippen LogP contribution >= 0.6 is 11.8 Å². The summed E-state index contributed by atoms with van der Waals surface area (Å²) in [4.78, 5) is 154. The zero-order chi connectivity index (χ0) is 60.9. The summed E-state index contributed by atoms with van der Waals surface area (Å²) in [6.45, 7) is 0.245. The van der Waals surface area contributed by atoms with E-state index in [4.69, 9.17) is 22.9 Å². The number of carbonyl (C=O) groups is 10. The summed E-state index contributed by atoms with van der Waals surface area (Å²) < 4.78 is 0. The standard InChI is InChI=1S/C60H73N13O11S/c1-70-49(52(62)77)33-85-34-50(75)66-45(29-35-10-3-2-4-11-35)58(83)71-26-8-15-46(71)54(79)68-43(28-37-19-23-41(74)24-20-37)53(78)67-42(14-7-25-65-60(63)64)57(82)72-27-9-16-47(72)59(84)73-32-40-13-6-5-12-39(40)31-48(73)55(80)69-44(56(70)81)30-36-17-21-38(22-18-36)51(61)76/h2-6,10-13,17-24,42-49,74H,7-9,14-16,25-34H2,1H3,(H2,61,76)(H2,62,77)(H,66,75)(H,67,78)(H,68,79)(H,69,80)(H4,63,64,65)/t42-,43-,44-,45-,46-,47-,48-,49-/m0/s1. The van der Waals surface area contributed by atoms with Crippen molar-refractivity contribution in [1.29, 1.82) is 0 Å². The van der Waals surface area contributed by atoms with Crippen LogP contribution in [-0.2, 0) is 75.4 Å². The maximum absolute atomic E-state index is 15.3. The second-order valence-corrected chi connectivity index (χ2v) is 22.8. The normalized spacial score (nSPS) is 24.2. The molecule has 10 amide bonds. The first kappa shape index (κ1) is 62.1. The van der Waals surface area contributed by atoms with Gasteiger partial charge in [0.2, 0.25) is 59.1 Å². The fraction of sp³-hybridized carbons (Fsp3) is 0.417. The van der Waals surface area contributed by atoms with E-state index in [1.807, 2.05) is 12.1 Å². The number of phenols is 1. The highest BCUT2D eigenvalue weighted by atomic mass is 32.2. The van der Waals surface area contributed by atoms with Crippen LogP contribution in [0.2, 0.25) is 0 Å². The predicted molar refractivity (Wildman–Crippen MR) is 315 cm³/mol. The smallest absolute Gasteiger partial charge is 0.248 e. The molecule has 8 rings (SSSR count). The lowest BCUT2D eigenvalue weighted by Gasteiger charge is -2.40. The van der Waals surface area contributed by atoms with Gasteiger partial charge in [-0.3, -0.25) is 52.9 Å². The maximum Gasteiger partial charge on any atom is 0.248 e. The van der Waals surface area contributed by atoms with Gasteiger partial charge in [-0.05, 0) is 90.6 Å². The molecule has 4 aromatic carbocycles. The number of nitrogens with two attached hydrogens (primary N) is 4. The summed E-state index contributed by atoms with van der Waals surface area (Å²) in [5.41, 5.74) is 26.2. The SMILES string of the molecule is CN1C(=O)[C@H](Cc2ccc(C(N)=O)cc2)NC(=O)[C@@H]2Cc3ccccc3CN2C(=O)[C@@H]2CCCN2C(=O)[C@H](CCCN=C(N)N)NC(=O)[C@H](Cc2ccc(O)cc2)NC(=O)[C@@H]2CCCN2C(=O)[C@H](Cc2ccccc2)NC(=O)CSC[C@H]1C(N)=O. The molecule has 4 heterocycles. The van der Waals surface area contributed by atoms with E-state index < -0.39 is 107 Å². The van der Waals surface area contributed by atoms with Crippen LogP contribution in [0.4, 0.5) is 0 Å². The molecule has 8 atom stereocenters. The zero-order valence-corrected chi connectivity index (χ0v) is 48.0. The largest absolute Gasteiger partial charge is 0.508 e. The van der Waals surface area contributed by atoms with Crippen LogP contribution in [0, 0.1) is 0 Å². The Kier molecular flexibility index (Phi) is 20.8. The predicted octanol–water partition coefficient (Wildman–Crippen LogP) is -0.494. The van der Waals surface area contributed by atoms with Gasteiger partial charge in [-0.2, -0.15) is 0 Å². The fourth-order valence-electron chi connectivity index (χ4n) is 11.4. The number of fused-ring (bicyclic) bond motifs is 4. The average Bonchev–Trinajstić information content (AvgIpc) is 4.37. The van der Waals surface area contributed by atoms with E-state index in [9.17, 15) is 38.7 Å². The summed E-state index contributed by atoms with van der Waals surface area (Å²) in [5.74, 6) is -7.67. The van der Waals surface area contributed by atoms with E-state index in [0.717, 1.165) is 27.8 Å². The molecule has 0 bridgehead atoms. The Morgan fingerprint density at radius 3 is 1.78 bits per heavy atom. The van der Waals surface area contributed by atoms with Gasteiger partial charge >= 0.3 is 0 Å². The first-order valence-corrected chi connectivity index (χ1v) is 29.5. The number of benzene rings is 4. The number of nitrogens with one attached hydrogen (secondary N) is 4. The fourth-order valence-corrected chi connectivity index (χ4v) is 12.4. The Bertz CT molecular complexity index is 3160. The second-order valence-electron chi connectivity index (χ2n) is 21.8. The van der Waals surface area contributed by atoms with Crippen molar-refractivity contribution in [3.05, 3.63) is 137 Å². The number of nitrogens with zero attached hydrogens (tertiary/aromatic N) is 5. The Morgan fingerprint density at radius 1 is 0.588 bits per heavy atom. The molecule has 4 aliphatic heterocycles. The van der Waals surface area contributed by atoms with Crippen LogP contribution in [0.15, 0.2) is 108 Å². The van der Waals surface area contributed by atoms with Crippen molar-refractivity contribution in [2.75, 3.05) is 38.2 Å². The van der Waals surface area contributed by atoms with E-state index in [0.29, 0.717) is 29.5 Å². The second kappa shape index (κ2) is 28.5. The van der Waals surface area contributed by atoms with Crippen molar-refractivity contribution in [3.8, 4) is 5.75 Å². The lowest BCUT2D eigenvalue weighted by Crippen LogP contribution is -2.62. The number of aromatic hydroxyl groups is 1. The minimum Gasteiger partial charge on any atom is -0.508 e. The molecule has 0 unspecified atom stereocenters. The first-order chi connectivity index (χ1) is 40.8. The number of likely N-dealkylation sites (N-methyl/N-ethyl adjacent to an activating group) is 1. The van der Waals surface area contributed by atoms with Crippen LogP contribution in [0.5, 0.6) is 5.75 Å². The van der Waals surface area contributed by atoms with Crippen molar-refractivity contribution in [1.82, 2.24) is 40.9 Å². The van der Waals surface area contributed by atoms with Gasteiger partial charge in [0.1, 0.15) is 54.1 Å². The number of rotatable bonds is 12. The van der Waals surface area contributed by atoms with Crippen molar-refractivity contribution in [2.24, 2.45) is 27.9 Å². The van der Waals surface area contributed by atoms with E-state index in [1.54, 1.807) is 66.7 Å². The van der Waals surface area contributed by atoms with Crippen molar-refractivity contribution in [2.45, 2.75) is 119 Å². The molecule has 0 radical (unpaired) electrons. The van der Waals surface area contributed by atoms with Crippen molar-refractivity contribution >= 4 is 76.8 Å². The third-order valence-corrected chi connectivity index (χ3v) is 16.9. The van der Waals surface area contributed by atoms with Crippen LogP contribution in [0.3, 0.4) is 0 Å². The van der Waals surface area contributed by atoms with Crippen LogP contribution in [0.1, 0.15) is 76.7 Å². The number of hydrogen-bond donors (Lipinski definition) is 9. The van der Waals surface area contributed by atoms with Gasteiger partial charge in [-0.25, -0.2) is 0 Å². The molecule has 13 N–H and O–H groups in total. The number of guanidine groups is 1. The summed E-state index contributed by atoms with van der Waals surface area (Å²) in [6, 6.07) is 18.2. The molecule has 0 aliphatic carbocycles. The van der Waals surface area contributed by atoms with Gasteiger partial charge in [0.05, 0.1) is 5.75 Å². The molecule has 0 spiro atoms. The topological polar surface area (TPSA) is 368 Å². The molecule has 0 aromatic heterocycles. The Hall–Kier alpha value is -9.00. The van der Waals surface area contributed by atoms with Gasteiger partial charge in [0.15, 0.2) is 5.96 Å². The molecular weight excluding hydrogens is 1110 g/mol. The van der Waals surface area contributed by atoms with E-state index >= 15 is 14.4 Å². The Balaban J connectivity index is 1.18. The summed E-state index contributed by atoms with van der Waals surface area (Å²) in [5, 5.41) is 21.6. The molecule has 24 nitrogen and oxygen atoms in total. The first-order valence-electron chi connectivity index (χ1n) is 28.3. The summed E-state index contributed by atoms with van der Waals surface area (Å²) >= 11 is 0.965. The average molecular weight is 1180 g/mol. The van der Waals surface area contributed by atoms with E-state index in [-0.39, 0.29) is 106 Å². The van der Waals surface area contributed by atoms with Gasteiger partial charge in [-0.1, -0.05) is 78.9 Å². The van der Waals surface area contributed by atoms with Gasteiger partial charge in [0.25, 0.3) is 0 Å². The number of hydrogen-bond acceptors (Lipinski definition) is 13. The quantitative estimate of drug-likeness (QED) is 0.0491. The van der Waals surface area contributed by atoms with Gasteiger partial charge in [0, 0.05) is 70.2 Å². The van der Waals surface area contributed by atoms with Crippen LogP contribution in [-0.4, -0.2) is 176 Å². The molecule has 4 aliphatic rings. The number of phenolic OH excluding ortho intramolecular Hbond substituents is 1. The van der Waals surface area contributed by atoms with Crippen molar-refractivity contribution < 1.29 is 53.1 Å². The van der Waals surface area contributed by atoms with E-state index in [1.165, 1.54) is 46.0 Å². The number of carbonyl (C=O) groups excluding carboxylic acids is 10. The van der Waals surface area contributed by atoms with Gasteiger partial charge in [-0.15, -0.1) is 11.8 Å². The monoisotopic (exact) mass is 1180 g/mol. The Morgan fingerprint density at radius 2 is 1.13 bits per heavy atom. The number of primary amides is 2. The molecule has 450 valence electrons. The molecule has 4 aromatic rings. The zero-order valence-electron chi connectivity index (χ0n) is 47.2. The molecular formula is C60H73N13O11S. The maximum atomic E-state index is 15.3. The Labute approximate surface area is 496 Å². The minimum absolute atomic E-state index is 0.00905. The molecule has 3 saturated heterocycles. The highest BCUT2D eigenvalue weighted by Crippen LogP contribution is 2.30. The number of amides is 10. The highest BCUT2D eigenvalue weighted by Gasteiger charge is 2.46. The van der Waals surface area contributed by atoms with Gasteiger partial charge < -0.3 is 68.9 Å². The van der Waals surface area contributed by atoms with E-state index in [2.05, 4.69) is 26.3 Å². The third-order valence-electron chi connectivity index (χ3n) is 15.9. The molecule has 3 fully saturated rings. The lowest BCUT2D eigenvalue weighted by atomic mass is 9.92. The molecule has 85 heavy (non-hydrogen) atoms. The molecule has 25 heteroatoms. The number of thioether (sulfide) groups is 1. The summed E-state index contributed by atoms with van der Waals surface area (Å²) in [7, 11) is 1.34. The van der Waals surface area contributed by atoms with Crippen molar-refractivity contribution in [3.63, 3.8) is 0 Å².